The number of nitrogens with two attached hydrogens (primary N) is 2. The van der Waals surface area contributed by atoms with E-state index in [9.17, 15) is 0 Å². The van der Waals surface area contributed by atoms with Gasteiger partial charge in [0.25, 0.3) is 5.97 Å². The van der Waals surface area contributed by atoms with Crippen LogP contribution in [0.2, 0.25) is 0 Å². The highest BCUT2D eigenvalue weighted by atomic mass is 16.7. The lowest BCUT2D eigenvalue weighted by molar-refractivity contribution is -0.134. The summed E-state index contributed by atoms with van der Waals surface area (Å²) < 4.78 is 10.3. The Morgan fingerprint density at radius 3 is 2.53 bits per heavy atom. The number of ether oxygens (including phenoxy) is 2. The Labute approximate surface area is 97.6 Å². The minimum atomic E-state index is -0.833. The molecule has 7 nitrogen and oxygen atoms in total. The minimum Gasteiger partial charge on any atom is -0.481 e. The summed E-state index contributed by atoms with van der Waals surface area (Å²) in [7, 11) is 0. The highest BCUT2D eigenvalue weighted by Crippen LogP contribution is 2.34. The summed E-state index contributed by atoms with van der Waals surface area (Å²) in [5.74, 6) is 0.580. The smallest absolute Gasteiger partial charge is 0.300 e. The molecule has 0 aromatic heterocycles. The molecule has 0 spiro atoms. The maximum absolute atomic E-state index is 9.00. The van der Waals surface area contributed by atoms with Crippen molar-refractivity contribution in [3.05, 3.63) is 18.2 Å². The number of carboxylic acid groups (broad SMARTS) is 1. The first-order valence-electron chi connectivity index (χ1n) is 4.68. The molecule has 1 aliphatic rings. The molecule has 1 heterocycles. The van der Waals surface area contributed by atoms with Crippen LogP contribution in [0.5, 0.6) is 11.5 Å². The number of guanidine groups is 1. The third-order valence-electron chi connectivity index (χ3n) is 1.61. The number of aliphatic imine (C=N–C) groups is 1. The number of carboxylic acids is 1. The predicted molar refractivity (Wildman–Crippen MR) is 61.3 cm³/mol. The molecular weight excluding hydrogens is 226 g/mol. The monoisotopic (exact) mass is 239 g/mol. The van der Waals surface area contributed by atoms with Crippen molar-refractivity contribution in [2.45, 2.75) is 6.92 Å². The quantitative estimate of drug-likeness (QED) is 0.482. The molecule has 0 fully saturated rings. The summed E-state index contributed by atoms with van der Waals surface area (Å²) in [6, 6.07) is 5.25. The van der Waals surface area contributed by atoms with Gasteiger partial charge in [0, 0.05) is 13.0 Å². The maximum Gasteiger partial charge on any atom is 0.300 e. The van der Waals surface area contributed by atoms with Gasteiger partial charge in [0.15, 0.2) is 17.5 Å². The van der Waals surface area contributed by atoms with Crippen LogP contribution in [0.4, 0.5) is 5.69 Å². The summed E-state index contributed by atoms with van der Waals surface area (Å²) in [5, 5.41) is 7.42. The van der Waals surface area contributed by atoms with Crippen molar-refractivity contribution in [1.29, 1.82) is 0 Å². The average Bonchev–Trinajstić information content (AvgIpc) is 2.62. The molecule has 0 saturated carbocycles. The summed E-state index contributed by atoms with van der Waals surface area (Å²) in [4.78, 5) is 12.9. The Morgan fingerprint density at radius 1 is 1.35 bits per heavy atom. The zero-order valence-electron chi connectivity index (χ0n) is 9.21. The molecule has 0 saturated heterocycles. The number of aliphatic carboxylic acids is 1. The van der Waals surface area contributed by atoms with E-state index in [0.29, 0.717) is 11.4 Å². The van der Waals surface area contributed by atoms with Crippen LogP contribution < -0.4 is 20.9 Å². The maximum atomic E-state index is 9.00. The van der Waals surface area contributed by atoms with Crippen molar-refractivity contribution < 1.29 is 19.4 Å². The second kappa shape index (κ2) is 5.59. The first kappa shape index (κ1) is 12.6. The second-order valence-corrected chi connectivity index (χ2v) is 3.09. The number of benzene rings is 1. The first-order valence-corrected chi connectivity index (χ1v) is 4.68. The minimum absolute atomic E-state index is 0.0267. The zero-order chi connectivity index (χ0) is 12.8. The summed E-state index contributed by atoms with van der Waals surface area (Å²) in [6.07, 6.45) is 0. The lowest BCUT2D eigenvalue weighted by Crippen LogP contribution is -2.21. The first-order chi connectivity index (χ1) is 7.99. The number of carbonyl (C=O) groups is 1. The Bertz CT molecular complexity index is 437. The molecule has 0 aliphatic carbocycles. The molecule has 17 heavy (non-hydrogen) atoms. The molecular formula is C10H13N3O4. The van der Waals surface area contributed by atoms with Crippen LogP contribution in [0.1, 0.15) is 6.92 Å². The van der Waals surface area contributed by atoms with Crippen LogP contribution in [0.25, 0.3) is 0 Å². The fourth-order valence-electron chi connectivity index (χ4n) is 1.10. The Balaban J connectivity index is 0.000000317. The molecule has 0 unspecified atom stereocenters. The fourth-order valence-corrected chi connectivity index (χ4v) is 1.10. The molecule has 0 bridgehead atoms. The van der Waals surface area contributed by atoms with Gasteiger partial charge in [-0.3, -0.25) is 4.79 Å². The van der Waals surface area contributed by atoms with Crippen molar-refractivity contribution in [2.24, 2.45) is 16.5 Å². The van der Waals surface area contributed by atoms with Gasteiger partial charge in [0.2, 0.25) is 6.79 Å². The van der Waals surface area contributed by atoms with E-state index in [2.05, 4.69) is 4.99 Å². The van der Waals surface area contributed by atoms with Crippen molar-refractivity contribution in [1.82, 2.24) is 0 Å². The van der Waals surface area contributed by atoms with Crippen LogP contribution in [0, 0.1) is 0 Å². The summed E-state index contributed by atoms with van der Waals surface area (Å²) in [5.41, 5.74) is 11.1. The van der Waals surface area contributed by atoms with Crippen LogP contribution in [0.3, 0.4) is 0 Å². The molecule has 1 aromatic carbocycles. The standard InChI is InChI=1S/C8H9N3O2.C2H4O2/c9-8(10)11-5-1-2-6-7(3-5)13-4-12-6;1-2(3)4/h1-3H,4H2,(H4,9,10,11);1H3,(H,3,4). The Kier molecular flexibility index (Phi) is 4.15. The number of rotatable bonds is 1. The van der Waals surface area contributed by atoms with Gasteiger partial charge in [-0.25, -0.2) is 4.99 Å². The molecule has 0 radical (unpaired) electrons. The molecule has 7 heteroatoms. The van der Waals surface area contributed by atoms with E-state index in [1.54, 1.807) is 18.2 Å². The third kappa shape index (κ3) is 4.29. The molecule has 1 aliphatic heterocycles. The molecule has 0 atom stereocenters. The van der Waals surface area contributed by atoms with E-state index in [0.717, 1.165) is 12.7 Å². The van der Waals surface area contributed by atoms with E-state index in [1.165, 1.54) is 0 Å². The number of hydrogen-bond acceptors (Lipinski definition) is 4. The topological polar surface area (TPSA) is 120 Å². The van der Waals surface area contributed by atoms with Gasteiger partial charge >= 0.3 is 0 Å². The van der Waals surface area contributed by atoms with Crippen molar-refractivity contribution in [3.63, 3.8) is 0 Å². The zero-order valence-corrected chi connectivity index (χ0v) is 9.21. The van der Waals surface area contributed by atoms with Gasteiger partial charge in [-0.2, -0.15) is 0 Å². The van der Waals surface area contributed by atoms with E-state index >= 15 is 0 Å². The molecule has 0 amide bonds. The van der Waals surface area contributed by atoms with E-state index < -0.39 is 5.97 Å². The van der Waals surface area contributed by atoms with Gasteiger partial charge in [0.1, 0.15) is 0 Å². The second-order valence-electron chi connectivity index (χ2n) is 3.09. The third-order valence-corrected chi connectivity index (χ3v) is 1.61. The largest absolute Gasteiger partial charge is 0.481 e. The van der Waals surface area contributed by atoms with Gasteiger partial charge < -0.3 is 26.0 Å². The van der Waals surface area contributed by atoms with E-state index in [-0.39, 0.29) is 12.8 Å². The average molecular weight is 239 g/mol. The van der Waals surface area contributed by atoms with Crippen LogP contribution in [-0.2, 0) is 4.79 Å². The van der Waals surface area contributed by atoms with Crippen LogP contribution >= 0.6 is 0 Å². The van der Waals surface area contributed by atoms with E-state index in [4.69, 9.17) is 30.8 Å². The van der Waals surface area contributed by atoms with Crippen molar-refractivity contribution >= 4 is 17.6 Å². The molecule has 2 rings (SSSR count). The lowest BCUT2D eigenvalue weighted by atomic mass is 10.3. The van der Waals surface area contributed by atoms with Crippen molar-refractivity contribution in [3.8, 4) is 11.5 Å². The Hall–Kier alpha value is -2.44. The fraction of sp³-hybridized carbons (Fsp3) is 0.200. The Morgan fingerprint density at radius 2 is 1.94 bits per heavy atom. The lowest BCUT2D eigenvalue weighted by Gasteiger charge is -1.97. The van der Waals surface area contributed by atoms with Crippen LogP contribution in [-0.4, -0.2) is 23.8 Å². The summed E-state index contributed by atoms with van der Waals surface area (Å²) >= 11 is 0. The molecule has 1 aromatic rings. The normalized spacial score (nSPS) is 11.1. The number of fused-ring (bicyclic) bond motifs is 1. The molecule has 92 valence electrons. The SMILES string of the molecule is CC(=O)O.NC(N)=Nc1ccc2c(c1)OCO2. The van der Waals surface area contributed by atoms with Gasteiger partial charge in [-0.15, -0.1) is 0 Å². The highest BCUT2D eigenvalue weighted by molar-refractivity contribution is 5.79. The van der Waals surface area contributed by atoms with E-state index in [1.807, 2.05) is 0 Å². The summed E-state index contributed by atoms with van der Waals surface area (Å²) in [6.45, 7) is 1.33. The van der Waals surface area contributed by atoms with Gasteiger partial charge in [-0.05, 0) is 12.1 Å². The van der Waals surface area contributed by atoms with Gasteiger partial charge in [0.05, 0.1) is 5.69 Å². The molecule has 5 N–H and O–H groups in total. The number of nitrogens with zero attached hydrogens (tertiary/aromatic N) is 1. The highest BCUT2D eigenvalue weighted by Gasteiger charge is 2.12. The van der Waals surface area contributed by atoms with Crippen LogP contribution in [0.15, 0.2) is 23.2 Å². The van der Waals surface area contributed by atoms with Crippen molar-refractivity contribution in [2.75, 3.05) is 6.79 Å². The number of hydrogen-bond donors (Lipinski definition) is 3. The predicted octanol–water partition coefficient (Wildman–Crippen LogP) is 0.411. The van der Waals surface area contributed by atoms with Gasteiger partial charge in [-0.1, -0.05) is 0 Å².